The van der Waals surface area contributed by atoms with Crippen molar-refractivity contribution in [3.63, 3.8) is 0 Å². The summed E-state index contributed by atoms with van der Waals surface area (Å²) in [5.74, 6) is 1.85. The molecule has 1 aliphatic carbocycles. The van der Waals surface area contributed by atoms with Gasteiger partial charge in [0, 0.05) is 32.4 Å². The van der Waals surface area contributed by atoms with Crippen LogP contribution in [0, 0.1) is 13.8 Å². The lowest BCUT2D eigenvalue weighted by Gasteiger charge is -2.36. The Morgan fingerprint density at radius 2 is 1.88 bits per heavy atom. The largest absolute Gasteiger partial charge is 0.353 e. The van der Waals surface area contributed by atoms with E-state index in [1.165, 1.54) is 24.0 Å². The topological polar surface area (TPSA) is 49.3 Å². The molecule has 4 rings (SSSR count). The van der Waals surface area contributed by atoms with Crippen LogP contribution in [0.3, 0.4) is 0 Å². The van der Waals surface area contributed by atoms with E-state index in [4.69, 9.17) is 4.98 Å². The summed E-state index contributed by atoms with van der Waals surface area (Å²) in [7, 11) is 0. The summed E-state index contributed by atoms with van der Waals surface area (Å²) in [6.07, 6.45) is 4.63. The first-order valence-corrected chi connectivity index (χ1v) is 9.96. The third kappa shape index (κ3) is 3.47. The molecule has 1 saturated heterocycles. The Balaban J connectivity index is 1.43. The Labute approximate surface area is 162 Å². The molecule has 2 aromatic rings. The van der Waals surface area contributed by atoms with Crippen LogP contribution in [-0.2, 0) is 0 Å². The lowest BCUT2D eigenvalue weighted by atomic mass is 10.1. The fourth-order valence-corrected chi connectivity index (χ4v) is 4.01. The molecule has 2 aromatic heterocycles. The number of piperazine rings is 1. The lowest BCUT2D eigenvalue weighted by Crippen LogP contribution is -2.49. The summed E-state index contributed by atoms with van der Waals surface area (Å²) in [5.41, 5.74) is 4.06. The molecule has 0 bridgehead atoms. The van der Waals surface area contributed by atoms with E-state index in [2.05, 4.69) is 38.8 Å². The van der Waals surface area contributed by atoms with Gasteiger partial charge in [0.05, 0.1) is 11.3 Å². The van der Waals surface area contributed by atoms with Crippen LogP contribution in [-0.4, -0.2) is 47.0 Å². The lowest BCUT2D eigenvalue weighted by molar-refractivity contribution is 0.0745. The van der Waals surface area contributed by atoms with Gasteiger partial charge in [0.15, 0.2) is 0 Å². The molecule has 6 heteroatoms. The van der Waals surface area contributed by atoms with E-state index in [1.54, 1.807) is 0 Å². The first-order valence-electron chi connectivity index (χ1n) is 9.17. The molecule has 0 atom stereocenters. The molecule has 0 N–H and O–H groups in total. The van der Waals surface area contributed by atoms with Gasteiger partial charge in [0.25, 0.3) is 5.91 Å². The van der Waals surface area contributed by atoms with Gasteiger partial charge in [0.2, 0.25) is 0 Å². The predicted octanol–water partition coefficient (Wildman–Crippen LogP) is 3.70. The van der Waals surface area contributed by atoms with Crippen molar-refractivity contribution >= 4 is 27.7 Å². The maximum absolute atomic E-state index is 12.8. The fraction of sp³-hybridized carbons (Fsp3) is 0.450. The summed E-state index contributed by atoms with van der Waals surface area (Å²) in [4.78, 5) is 26.1. The number of carbonyl (C=O) groups excluding carboxylic acids is 1. The van der Waals surface area contributed by atoms with E-state index in [-0.39, 0.29) is 5.91 Å². The number of aromatic nitrogens is 2. The van der Waals surface area contributed by atoms with E-state index < -0.39 is 0 Å². The predicted molar refractivity (Wildman–Crippen MR) is 106 cm³/mol. The summed E-state index contributed by atoms with van der Waals surface area (Å²) in [6.45, 7) is 7.06. The van der Waals surface area contributed by atoms with E-state index in [0.29, 0.717) is 18.7 Å². The van der Waals surface area contributed by atoms with E-state index in [9.17, 15) is 4.79 Å². The fourth-order valence-electron chi connectivity index (χ4n) is 3.61. The number of nitrogens with zero attached hydrogens (tertiary/aromatic N) is 4. The van der Waals surface area contributed by atoms with Crippen LogP contribution in [0.1, 0.15) is 45.9 Å². The van der Waals surface area contributed by atoms with Crippen LogP contribution in [0.2, 0.25) is 0 Å². The molecule has 0 unspecified atom stereocenters. The molecule has 1 saturated carbocycles. The third-order valence-corrected chi connectivity index (χ3v) is 5.71. The van der Waals surface area contributed by atoms with Crippen molar-refractivity contribution in [1.82, 2.24) is 14.9 Å². The zero-order valence-electron chi connectivity index (χ0n) is 15.2. The number of hydrogen-bond acceptors (Lipinski definition) is 4. The maximum Gasteiger partial charge on any atom is 0.255 e. The molecule has 0 spiro atoms. The molecule has 5 nitrogen and oxygen atoms in total. The smallest absolute Gasteiger partial charge is 0.255 e. The second-order valence-corrected chi connectivity index (χ2v) is 8.04. The Bertz CT molecular complexity index is 842. The Morgan fingerprint density at radius 3 is 2.50 bits per heavy atom. The second-order valence-electron chi connectivity index (χ2n) is 7.23. The minimum absolute atomic E-state index is 0.0657. The monoisotopic (exact) mass is 414 g/mol. The molecule has 1 amide bonds. The quantitative estimate of drug-likeness (QED) is 0.718. The van der Waals surface area contributed by atoms with Gasteiger partial charge in [-0.3, -0.25) is 4.79 Å². The number of anilines is 1. The van der Waals surface area contributed by atoms with Crippen molar-refractivity contribution in [2.24, 2.45) is 0 Å². The summed E-state index contributed by atoms with van der Waals surface area (Å²) >= 11 is 3.35. The molecule has 1 aliphatic heterocycles. The molecule has 0 aromatic carbocycles. The van der Waals surface area contributed by atoms with Crippen LogP contribution in [0.5, 0.6) is 0 Å². The number of carbonyl (C=O) groups is 1. The molecule has 2 aliphatic rings. The average molecular weight is 415 g/mol. The number of rotatable bonds is 3. The number of aryl methyl sites for hydroxylation is 2. The SMILES string of the molecule is Cc1cc(C2CC2)cnc1N1CCN(C(=O)c2ccc(Br)nc2C)CC1. The number of pyridine rings is 2. The maximum atomic E-state index is 12.8. The van der Waals surface area contributed by atoms with Crippen molar-refractivity contribution in [2.45, 2.75) is 32.6 Å². The molecule has 26 heavy (non-hydrogen) atoms. The average Bonchev–Trinajstić information content (AvgIpc) is 3.46. The van der Waals surface area contributed by atoms with Crippen molar-refractivity contribution < 1.29 is 4.79 Å². The van der Waals surface area contributed by atoms with Gasteiger partial charge in [-0.25, -0.2) is 9.97 Å². The van der Waals surface area contributed by atoms with Crippen molar-refractivity contribution in [1.29, 1.82) is 0 Å². The van der Waals surface area contributed by atoms with Crippen molar-refractivity contribution in [2.75, 3.05) is 31.1 Å². The van der Waals surface area contributed by atoms with E-state index >= 15 is 0 Å². The molecular weight excluding hydrogens is 392 g/mol. The van der Waals surface area contributed by atoms with Crippen LogP contribution in [0.15, 0.2) is 29.0 Å². The second kappa shape index (κ2) is 6.99. The van der Waals surface area contributed by atoms with Crippen molar-refractivity contribution in [3.05, 3.63) is 51.4 Å². The van der Waals surface area contributed by atoms with Crippen molar-refractivity contribution in [3.8, 4) is 0 Å². The highest BCUT2D eigenvalue weighted by atomic mass is 79.9. The van der Waals surface area contributed by atoms with Gasteiger partial charge >= 0.3 is 0 Å². The Hall–Kier alpha value is -1.95. The molecular formula is C20H23BrN4O. The van der Waals surface area contributed by atoms with Gasteiger partial charge in [-0.2, -0.15) is 0 Å². The highest BCUT2D eigenvalue weighted by molar-refractivity contribution is 9.10. The first-order chi connectivity index (χ1) is 12.5. The zero-order chi connectivity index (χ0) is 18.3. The highest BCUT2D eigenvalue weighted by Crippen LogP contribution is 2.40. The molecule has 0 radical (unpaired) electrons. The van der Waals surface area contributed by atoms with Gasteiger partial charge in [-0.1, -0.05) is 6.07 Å². The Morgan fingerprint density at radius 1 is 1.15 bits per heavy atom. The van der Waals surface area contributed by atoms with Gasteiger partial charge in [0.1, 0.15) is 10.4 Å². The normalized spacial score (nSPS) is 17.5. The Kier molecular flexibility index (Phi) is 4.69. The van der Waals surface area contributed by atoms with Crippen LogP contribution in [0.25, 0.3) is 0 Å². The summed E-state index contributed by atoms with van der Waals surface area (Å²) in [5, 5.41) is 0. The van der Waals surface area contributed by atoms with Gasteiger partial charge in [-0.05, 0) is 71.8 Å². The van der Waals surface area contributed by atoms with Gasteiger partial charge in [-0.15, -0.1) is 0 Å². The standard InChI is InChI=1S/C20H23BrN4O/c1-13-11-16(15-3-4-15)12-22-19(13)24-7-9-25(10-8-24)20(26)17-5-6-18(21)23-14(17)2/h5-6,11-12,15H,3-4,7-10H2,1-2H3. The zero-order valence-corrected chi connectivity index (χ0v) is 16.8. The minimum Gasteiger partial charge on any atom is -0.353 e. The minimum atomic E-state index is 0.0657. The van der Waals surface area contributed by atoms with Crippen LogP contribution in [0.4, 0.5) is 5.82 Å². The first kappa shape index (κ1) is 17.5. The van der Waals surface area contributed by atoms with Gasteiger partial charge < -0.3 is 9.80 Å². The summed E-state index contributed by atoms with van der Waals surface area (Å²) < 4.78 is 0.757. The highest BCUT2D eigenvalue weighted by Gasteiger charge is 2.27. The van der Waals surface area contributed by atoms with E-state index in [1.807, 2.05) is 30.2 Å². The number of amides is 1. The number of hydrogen-bond donors (Lipinski definition) is 0. The van der Waals surface area contributed by atoms with Crippen LogP contribution >= 0.6 is 15.9 Å². The van der Waals surface area contributed by atoms with Crippen LogP contribution < -0.4 is 4.90 Å². The van der Waals surface area contributed by atoms with E-state index in [0.717, 1.165) is 35.1 Å². The number of halogens is 1. The molecule has 3 heterocycles. The molecule has 2 fully saturated rings. The summed E-state index contributed by atoms with van der Waals surface area (Å²) in [6, 6.07) is 5.96. The molecule has 136 valence electrons. The third-order valence-electron chi connectivity index (χ3n) is 5.27.